The van der Waals surface area contributed by atoms with E-state index in [2.05, 4.69) is 65.3 Å². The smallest absolute Gasteiger partial charge is 0.0645 e. The van der Waals surface area contributed by atoms with Crippen LogP contribution < -0.4 is 0 Å². The van der Waals surface area contributed by atoms with E-state index in [0.717, 1.165) is 13.2 Å². The van der Waals surface area contributed by atoms with Gasteiger partial charge in [-0.15, -0.1) is 0 Å². The number of benzene rings is 1. The molecule has 4 rings (SSSR count). The molecule has 0 amide bonds. The first-order chi connectivity index (χ1) is 12.2. The quantitative estimate of drug-likeness (QED) is 0.791. The van der Waals surface area contributed by atoms with Crippen LogP contribution >= 0.6 is 0 Å². The molecular formula is C22H30N2O. The molecule has 2 aromatic rings. The van der Waals surface area contributed by atoms with E-state index in [0.29, 0.717) is 11.5 Å². The largest absolute Gasteiger partial charge is 0.378 e. The second-order valence-electron chi connectivity index (χ2n) is 8.00. The summed E-state index contributed by atoms with van der Waals surface area (Å²) < 4.78 is 8.35. The highest BCUT2D eigenvalue weighted by Crippen LogP contribution is 2.43. The zero-order valence-corrected chi connectivity index (χ0v) is 15.4. The molecule has 0 radical (unpaired) electrons. The highest BCUT2D eigenvalue weighted by molar-refractivity contribution is 5.16. The van der Waals surface area contributed by atoms with Crippen molar-refractivity contribution < 1.29 is 4.74 Å². The van der Waals surface area contributed by atoms with Crippen LogP contribution in [0.5, 0.6) is 0 Å². The van der Waals surface area contributed by atoms with Gasteiger partial charge in [-0.05, 0) is 55.8 Å². The van der Waals surface area contributed by atoms with Gasteiger partial charge in [0.1, 0.15) is 0 Å². The number of likely N-dealkylation sites (tertiary alicyclic amines) is 1. The first-order valence-corrected chi connectivity index (χ1v) is 9.72. The second-order valence-corrected chi connectivity index (χ2v) is 8.00. The Hall–Kier alpha value is -1.58. The molecule has 3 nitrogen and oxygen atoms in total. The van der Waals surface area contributed by atoms with E-state index in [1.165, 1.54) is 56.3 Å². The van der Waals surface area contributed by atoms with Crippen LogP contribution in [0.2, 0.25) is 0 Å². The Morgan fingerprint density at radius 2 is 2.04 bits per heavy atom. The van der Waals surface area contributed by atoms with E-state index in [-0.39, 0.29) is 0 Å². The minimum atomic E-state index is 0.334. The number of aryl methyl sites for hydroxylation is 2. The van der Waals surface area contributed by atoms with Gasteiger partial charge in [-0.2, -0.15) is 0 Å². The van der Waals surface area contributed by atoms with Gasteiger partial charge in [-0.25, -0.2) is 0 Å². The molecule has 2 fully saturated rings. The van der Waals surface area contributed by atoms with Gasteiger partial charge in [0.05, 0.1) is 6.10 Å². The topological polar surface area (TPSA) is 17.4 Å². The molecule has 0 aliphatic carbocycles. The Kier molecular flexibility index (Phi) is 4.96. The summed E-state index contributed by atoms with van der Waals surface area (Å²) in [5.74, 6) is 0. The Balaban J connectivity index is 1.45. The first-order valence-electron chi connectivity index (χ1n) is 9.72. The van der Waals surface area contributed by atoms with E-state index in [4.69, 9.17) is 4.74 Å². The van der Waals surface area contributed by atoms with Crippen molar-refractivity contribution >= 4 is 0 Å². The minimum absolute atomic E-state index is 0.334. The highest BCUT2D eigenvalue weighted by Gasteiger charge is 2.45. The number of aromatic nitrogens is 1. The van der Waals surface area contributed by atoms with Gasteiger partial charge in [0.2, 0.25) is 0 Å². The van der Waals surface area contributed by atoms with Crippen molar-refractivity contribution in [3.63, 3.8) is 0 Å². The maximum atomic E-state index is 6.20. The summed E-state index contributed by atoms with van der Waals surface area (Å²) in [5.41, 5.74) is 3.22. The predicted molar refractivity (Wildman–Crippen MR) is 101 cm³/mol. The van der Waals surface area contributed by atoms with Crippen molar-refractivity contribution in [2.45, 2.75) is 44.8 Å². The number of hydrogen-bond donors (Lipinski definition) is 0. The summed E-state index contributed by atoms with van der Waals surface area (Å²) in [6.45, 7) is 4.40. The molecule has 0 bridgehead atoms. The third-order valence-electron chi connectivity index (χ3n) is 6.13. The van der Waals surface area contributed by atoms with Crippen molar-refractivity contribution in [1.82, 2.24) is 9.47 Å². The zero-order valence-electron chi connectivity index (χ0n) is 15.4. The molecule has 1 aromatic carbocycles. The molecule has 1 aromatic heterocycles. The summed E-state index contributed by atoms with van der Waals surface area (Å²) in [7, 11) is 2.10. The molecule has 3 heterocycles. The Bertz CT molecular complexity index is 674. The van der Waals surface area contributed by atoms with Crippen LogP contribution in [0.25, 0.3) is 0 Å². The van der Waals surface area contributed by atoms with Crippen molar-refractivity contribution in [3.8, 4) is 0 Å². The molecule has 2 aliphatic rings. The van der Waals surface area contributed by atoms with Crippen LogP contribution in [0.15, 0.2) is 48.8 Å². The lowest BCUT2D eigenvalue weighted by molar-refractivity contribution is -0.00181. The fourth-order valence-corrected chi connectivity index (χ4v) is 4.76. The van der Waals surface area contributed by atoms with Crippen LogP contribution in [-0.2, 0) is 24.8 Å². The first kappa shape index (κ1) is 16.9. The van der Waals surface area contributed by atoms with Gasteiger partial charge in [-0.3, -0.25) is 4.90 Å². The van der Waals surface area contributed by atoms with Crippen LogP contribution in [-0.4, -0.2) is 35.3 Å². The lowest BCUT2D eigenvalue weighted by Crippen LogP contribution is -2.38. The third kappa shape index (κ3) is 3.83. The molecular weight excluding hydrogens is 308 g/mol. The van der Waals surface area contributed by atoms with Crippen molar-refractivity contribution in [2.24, 2.45) is 12.5 Å². The van der Waals surface area contributed by atoms with Crippen LogP contribution in [0.1, 0.15) is 36.8 Å². The molecule has 2 aliphatic heterocycles. The van der Waals surface area contributed by atoms with E-state index < -0.39 is 0 Å². The van der Waals surface area contributed by atoms with Crippen LogP contribution in [0.4, 0.5) is 0 Å². The van der Waals surface area contributed by atoms with E-state index in [9.17, 15) is 0 Å². The molecule has 25 heavy (non-hydrogen) atoms. The maximum Gasteiger partial charge on any atom is 0.0645 e. The normalized spacial score (nSPS) is 27.2. The lowest BCUT2D eigenvalue weighted by Gasteiger charge is -2.35. The minimum Gasteiger partial charge on any atom is -0.378 e. The van der Waals surface area contributed by atoms with Crippen LogP contribution in [0, 0.1) is 5.41 Å². The zero-order chi connectivity index (χ0) is 17.1. The third-order valence-corrected chi connectivity index (χ3v) is 6.13. The fraction of sp³-hybridized carbons (Fsp3) is 0.545. The molecule has 2 atom stereocenters. The number of nitrogens with zero attached hydrogens (tertiary/aromatic N) is 2. The standard InChI is InChI=1S/C22H30N2O/c1-23-13-10-20(16-23)17-24-14-12-22(18-24,21-8-5-15-25-21)11-9-19-6-3-2-4-7-19/h2-4,6-7,10,13,16,21H,5,8-9,11-12,14-15,17-18H2,1H3. The molecule has 0 saturated carbocycles. The molecule has 2 saturated heterocycles. The van der Waals surface area contributed by atoms with E-state index in [1.54, 1.807) is 0 Å². The van der Waals surface area contributed by atoms with E-state index >= 15 is 0 Å². The summed E-state index contributed by atoms with van der Waals surface area (Å²) in [6.07, 6.45) is 11.0. The summed E-state index contributed by atoms with van der Waals surface area (Å²) in [4.78, 5) is 2.64. The Morgan fingerprint density at radius 1 is 1.16 bits per heavy atom. The molecule has 0 spiro atoms. The molecule has 0 N–H and O–H groups in total. The van der Waals surface area contributed by atoms with Crippen molar-refractivity contribution in [1.29, 1.82) is 0 Å². The molecule has 3 heteroatoms. The number of ether oxygens (including phenoxy) is 1. The van der Waals surface area contributed by atoms with Gasteiger partial charge in [0.25, 0.3) is 0 Å². The lowest BCUT2D eigenvalue weighted by atomic mass is 9.75. The predicted octanol–water partition coefficient (Wildman–Crippen LogP) is 4.03. The van der Waals surface area contributed by atoms with Gasteiger partial charge in [0, 0.05) is 44.6 Å². The summed E-state index contributed by atoms with van der Waals surface area (Å²) in [5, 5.41) is 0. The Morgan fingerprint density at radius 3 is 2.76 bits per heavy atom. The summed E-state index contributed by atoms with van der Waals surface area (Å²) >= 11 is 0. The monoisotopic (exact) mass is 338 g/mol. The van der Waals surface area contributed by atoms with Crippen molar-refractivity contribution in [3.05, 3.63) is 59.9 Å². The van der Waals surface area contributed by atoms with Gasteiger partial charge >= 0.3 is 0 Å². The number of hydrogen-bond acceptors (Lipinski definition) is 2. The SMILES string of the molecule is Cn1ccc(CN2CCC(CCc3ccccc3)(C3CCCO3)C2)c1. The highest BCUT2D eigenvalue weighted by atomic mass is 16.5. The average Bonchev–Trinajstić information content (AvgIpc) is 3.36. The second kappa shape index (κ2) is 7.35. The molecule has 2 unspecified atom stereocenters. The average molecular weight is 338 g/mol. The van der Waals surface area contributed by atoms with Gasteiger partial charge in [-0.1, -0.05) is 30.3 Å². The van der Waals surface area contributed by atoms with Gasteiger partial charge in [0.15, 0.2) is 0 Å². The molecule has 134 valence electrons. The maximum absolute atomic E-state index is 6.20. The fourth-order valence-electron chi connectivity index (χ4n) is 4.76. The van der Waals surface area contributed by atoms with Gasteiger partial charge < -0.3 is 9.30 Å². The summed E-state index contributed by atoms with van der Waals surface area (Å²) in [6, 6.07) is 13.2. The van der Waals surface area contributed by atoms with Crippen LogP contribution in [0.3, 0.4) is 0 Å². The van der Waals surface area contributed by atoms with Crippen molar-refractivity contribution in [2.75, 3.05) is 19.7 Å². The Labute approximate surface area is 151 Å². The number of rotatable bonds is 6. The van der Waals surface area contributed by atoms with E-state index in [1.807, 2.05) is 0 Å².